The van der Waals surface area contributed by atoms with Crippen molar-refractivity contribution in [1.82, 2.24) is 44.9 Å². The van der Waals surface area contributed by atoms with E-state index in [-0.39, 0.29) is 84.4 Å². The van der Waals surface area contributed by atoms with Crippen LogP contribution < -0.4 is 15.4 Å². The van der Waals surface area contributed by atoms with Crippen molar-refractivity contribution in [2.45, 2.75) is 75.4 Å². The van der Waals surface area contributed by atoms with Gasteiger partial charge in [0.25, 0.3) is 11.8 Å². The fourth-order valence-corrected chi connectivity index (χ4v) is 9.80. The summed E-state index contributed by atoms with van der Waals surface area (Å²) >= 11 is 18.2. The van der Waals surface area contributed by atoms with E-state index in [0.717, 1.165) is 39.7 Å². The van der Waals surface area contributed by atoms with Crippen molar-refractivity contribution >= 4 is 70.0 Å². The number of halogens is 8. The number of aryl methyl sites for hydroxylation is 1. The van der Waals surface area contributed by atoms with Crippen molar-refractivity contribution in [3.63, 3.8) is 0 Å². The molecule has 0 aliphatic carbocycles. The smallest absolute Gasteiger partial charge is 0.418 e. The number of alkyl halides is 4. The highest BCUT2D eigenvalue weighted by Crippen LogP contribution is 2.43. The highest BCUT2D eigenvalue weighted by Gasteiger charge is 2.51. The van der Waals surface area contributed by atoms with E-state index in [1.165, 1.54) is 35.1 Å². The van der Waals surface area contributed by atoms with E-state index in [4.69, 9.17) is 49.0 Å². The van der Waals surface area contributed by atoms with Crippen LogP contribution in [0.5, 0.6) is 5.75 Å². The molecule has 5 amide bonds. The van der Waals surface area contributed by atoms with Gasteiger partial charge in [-0.2, -0.15) is 18.3 Å². The first-order valence-corrected chi connectivity index (χ1v) is 25.1. The number of aliphatic hydroxyl groups is 2. The minimum absolute atomic E-state index is 0.0102. The van der Waals surface area contributed by atoms with Crippen molar-refractivity contribution < 1.29 is 70.3 Å². The molecule has 2 fully saturated rings. The SMILES string of the molecule is Cc1nc([C@@H]2O[C@H](CO)[C@H](O)[C@H](n3cc(-c4cc(F)c(Cl)c(F)c4)nn3)[C@H]2OCC(=O)N(CCl)CCCOc2ccc(C(=O)Nc3ccc4c(c3)CN(C3CCC(=O)NC3=O)C4=O)cc2)n(-c2cc(Cl)ccc2C(F)(F)F)n1. The van der Waals surface area contributed by atoms with E-state index in [2.05, 4.69) is 31.0 Å². The van der Waals surface area contributed by atoms with Gasteiger partial charge in [-0.05, 0) is 98.1 Å². The van der Waals surface area contributed by atoms with E-state index in [1.807, 2.05) is 0 Å². The summed E-state index contributed by atoms with van der Waals surface area (Å²) in [5, 5.41) is 38.7. The van der Waals surface area contributed by atoms with Crippen LogP contribution in [0.25, 0.3) is 16.9 Å². The van der Waals surface area contributed by atoms with E-state index in [0.29, 0.717) is 22.6 Å². The molecular formula is C50H44Cl3F5N10O10. The maximum atomic E-state index is 14.6. The number of imide groups is 1. The first-order valence-electron chi connectivity index (χ1n) is 23.8. The molecule has 78 heavy (non-hydrogen) atoms. The third kappa shape index (κ3) is 11.7. The monoisotopic (exact) mass is 1140 g/mol. The lowest BCUT2D eigenvalue weighted by atomic mass is 9.91. The van der Waals surface area contributed by atoms with Gasteiger partial charge < -0.3 is 39.5 Å². The van der Waals surface area contributed by atoms with Gasteiger partial charge in [0, 0.05) is 46.9 Å². The number of fused-ring (bicyclic) bond motifs is 1. The Morgan fingerprint density at radius 2 is 1.76 bits per heavy atom. The molecule has 4 aromatic carbocycles. The number of nitrogens with one attached hydrogen (secondary N) is 2. The number of nitrogens with zero attached hydrogens (tertiary/aromatic N) is 8. The molecule has 0 saturated carbocycles. The molecule has 2 aromatic heterocycles. The number of ether oxygens (including phenoxy) is 3. The van der Waals surface area contributed by atoms with Crippen molar-refractivity contribution in [2.24, 2.45) is 0 Å². The van der Waals surface area contributed by atoms with Gasteiger partial charge in [0.15, 0.2) is 5.82 Å². The van der Waals surface area contributed by atoms with Crippen LogP contribution >= 0.6 is 34.8 Å². The van der Waals surface area contributed by atoms with Crippen LogP contribution in [0.15, 0.2) is 79.0 Å². The number of carbonyl (C=O) groups is 5. The Balaban J connectivity index is 0.875. The summed E-state index contributed by atoms with van der Waals surface area (Å²) in [6.07, 6.45) is -9.75. The molecule has 20 nitrogen and oxygen atoms in total. The zero-order valence-electron chi connectivity index (χ0n) is 40.6. The van der Waals surface area contributed by atoms with Crippen molar-refractivity contribution in [3.8, 4) is 22.7 Å². The molecule has 6 aromatic rings. The molecule has 0 radical (unpaired) electrons. The van der Waals surface area contributed by atoms with Gasteiger partial charge in [0.2, 0.25) is 17.7 Å². The summed E-state index contributed by atoms with van der Waals surface area (Å²) in [4.78, 5) is 71.3. The minimum Gasteiger partial charge on any atom is -0.494 e. The average Bonchev–Trinajstić information content (AvgIpc) is 4.22. The summed E-state index contributed by atoms with van der Waals surface area (Å²) in [6, 6.07) is 12.9. The predicted molar refractivity (Wildman–Crippen MR) is 265 cm³/mol. The summed E-state index contributed by atoms with van der Waals surface area (Å²) in [5.41, 5.74) is -0.318. The van der Waals surface area contributed by atoms with Crippen LogP contribution in [0.3, 0.4) is 0 Å². The van der Waals surface area contributed by atoms with E-state index in [9.17, 15) is 56.1 Å². The molecule has 3 aliphatic rings. The lowest BCUT2D eigenvalue weighted by Gasteiger charge is -2.43. The van der Waals surface area contributed by atoms with E-state index < -0.39 is 107 Å². The molecule has 28 heteroatoms. The van der Waals surface area contributed by atoms with Crippen LogP contribution in [-0.2, 0) is 36.6 Å². The molecule has 0 bridgehead atoms. The molecule has 410 valence electrons. The molecular weight excluding hydrogens is 1100 g/mol. The molecule has 6 atom stereocenters. The second-order valence-corrected chi connectivity index (χ2v) is 19.2. The van der Waals surface area contributed by atoms with Gasteiger partial charge in [-0.25, -0.2) is 23.1 Å². The summed E-state index contributed by atoms with van der Waals surface area (Å²) in [5.74, 6) is -4.70. The quantitative estimate of drug-likeness (QED) is 0.0194. The second-order valence-electron chi connectivity index (χ2n) is 18.2. The minimum atomic E-state index is -4.93. The average molecular weight is 1150 g/mol. The number of anilines is 1. The standard InChI is InChI=1S/C50H44Cl3F5N10O10/c1-24-59-46(68(63-24)37-18-28(52)5-10-32(37)50(56,57)58)45-44(42(43(72)38(21-69)78-45)67-20-35(62-64-67)26-16-33(54)41(53)34(55)17-26)77-22-40(71)65(23-51)13-2-14-76-30-7-3-25(4-8-30)47(73)60-29-6-9-31-27(15-29)19-66(49(31)75)36-11-12-39(70)61-48(36)74/h3-10,15-18,20,36,38,42-45,69,72H,2,11-14,19,21-23H2,1H3,(H,60,73)(H,61,70,74)/t36?,38-,42+,43+,44-,45-/m1/s1. The Labute approximate surface area is 453 Å². The number of piperidine rings is 1. The third-order valence-corrected chi connectivity index (χ3v) is 14.0. The van der Waals surface area contributed by atoms with Gasteiger partial charge in [-0.15, -0.1) is 16.7 Å². The first kappa shape index (κ1) is 55.6. The Hall–Kier alpha value is -7.13. The number of rotatable bonds is 17. The van der Waals surface area contributed by atoms with Gasteiger partial charge in [0.05, 0.1) is 36.7 Å². The van der Waals surface area contributed by atoms with E-state index >= 15 is 0 Å². The summed E-state index contributed by atoms with van der Waals surface area (Å²) in [6.45, 7) is -0.0933. The number of benzene rings is 4. The van der Waals surface area contributed by atoms with Gasteiger partial charge in [0.1, 0.15) is 77.0 Å². The number of aliphatic hydroxyl groups excluding tert-OH is 2. The Morgan fingerprint density at radius 1 is 1.01 bits per heavy atom. The van der Waals surface area contributed by atoms with Gasteiger partial charge in [-0.1, -0.05) is 28.4 Å². The Morgan fingerprint density at radius 3 is 2.45 bits per heavy atom. The van der Waals surface area contributed by atoms with Crippen LogP contribution in [0.4, 0.5) is 27.6 Å². The number of aromatic nitrogens is 6. The molecule has 9 rings (SSSR count). The Kier molecular flexibility index (Phi) is 16.4. The molecule has 4 N–H and O–H groups in total. The van der Waals surface area contributed by atoms with Crippen LogP contribution in [0.2, 0.25) is 10.0 Å². The number of hydrogen-bond donors (Lipinski definition) is 4. The van der Waals surface area contributed by atoms with Crippen molar-refractivity contribution in [2.75, 3.05) is 37.7 Å². The molecule has 5 heterocycles. The lowest BCUT2D eigenvalue weighted by Crippen LogP contribution is -2.54. The number of carbonyl (C=O) groups excluding carboxylic acids is 5. The molecule has 1 unspecified atom stereocenters. The maximum Gasteiger partial charge on any atom is 0.418 e. The second kappa shape index (κ2) is 23.1. The largest absolute Gasteiger partial charge is 0.494 e. The van der Waals surface area contributed by atoms with Crippen molar-refractivity contribution in [1.29, 1.82) is 0 Å². The maximum absolute atomic E-state index is 14.6. The number of amides is 5. The van der Waals surface area contributed by atoms with Gasteiger partial charge >= 0.3 is 6.18 Å². The fraction of sp³-hybridized carbons (Fsp3) is 0.340. The first-order chi connectivity index (χ1) is 37.2. The molecule has 0 spiro atoms. The van der Waals surface area contributed by atoms with Gasteiger partial charge in [-0.3, -0.25) is 29.3 Å². The zero-order chi connectivity index (χ0) is 55.7. The third-order valence-electron chi connectivity index (χ3n) is 13.1. The predicted octanol–water partition coefficient (Wildman–Crippen LogP) is 6.36. The Bertz CT molecular complexity index is 3270. The summed E-state index contributed by atoms with van der Waals surface area (Å²) < 4.78 is 92.8. The van der Waals surface area contributed by atoms with Crippen molar-refractivity contribution in [3.05, 3.63) is 135 Å². The van der Waals surface area contributed by atoms with Crippen LogP contribution in [0, 0.1) is 18.6 Å². The molecule has 3 aliphatic heterocycles. The fourth-order valence-electron chi connectivity index (χ4n) is 9.28. The highest BCUT2D eigenvalue weighted by molar-refractivity contribution is 6.31. The number of hydrogen-bond acceptors (Lipinski definition) is 14. The highest BCUT2D eigenvalue weighted by atomic mass is 35.5. The normalized spacial score (nSPS) is 20.4. The van der Waals surface area contributed by atoms with Crippen LogP contribution in [-0.4, -0.2) is 136 Å². The zero-order valence-corrected chi connectivity index (χ0v) is 42.9. The lowest BCUT2D eigenvalue weighted by molar-refractivity contribution is -0.224. The van der Waals surface area contributed by atoms with E-state index in [1.54, 1.807) is 30.3 Å². The summed E-state index contributed by atoms with van der Waals surface area (Å²) in [7, 11) is 0. The molecule has 2 saturated heterocycles. The van der Waals surface area contributed by atoms with Crippen LogP contribution in [0.1, 0.15) is 74.9 Å². The topological polar surface area (TPSA) is 245 Å².